The molecule has 0 heteroatoms. The second-order valence-corrected chi connectivity index (χ2v) is 3.18. The van der Waals surface area contributed by atoms with Crippen LogP contribution in [0.25, 0.3) is 0 Å². The van der Waals surface area contributed by atoms with Gasteiger partial charge in [0.15, 0.2) is 0 Å². The highest BCUT2D eigenvalue weighted by Crippen LogP contribution is 2.15. The zero-order chi connectivity index (χ0) is 8.36. The van der Waals surface area contributed by atoms with Gasteiger partial charge >= 0.3 is 0 Å². The van der Waals surface area contributed by atoms with E-state index in [1.54, 1.807) is 0 Å². The molecule has 1 rings (SSSR count). The Morgan fingerprint density at radius 1 is 0.364 bits per heavy atom. The first-order chi connectivity index (χ1) is 5.50. The predicted molar refractivity (Wildman–Crippen MR) is 52.9 cm³/mol. The fourth-order valence-electron chi connectivity index (χ4n) is 1.59. The van der Waals surface area contributed by atoms with Gasteiger partial charge in [0, 0.05) is 0 Å². The summed E-state index contributed by atoms with van der Waals surface area (Å²) in [6.45, 7) is 4.00. The molecule has 11 heavy (non-hydrogen) atoms. The minimum absolute atomic E-state index is 1.50. The number of hydrogen-bond acceptors (Lipinski definition) is 0. The monoisotopic (exact) mass is 156 g/mol. The molecule has 0 aromatic heterocycles. The van der Waals surface area contributed by atoms with E-state index in [0.717, 1.165) is 0 Å². The Labute approximate surface area is 72.4 Å². The van der Waals surface area contributed by atoms with Gasteiger partial charge in [0.25, 0.3) is 0 Å². The van der Waals surface area contributed by atoms with E-state index in [2.05, 4.69) is 0 Å². The molecule has 0 aromatic carbocycles. The van der Waals surface area contributed by atoms with Crippen molar-refractivity contribution < 1.29 is 0 Å². The summed E-state index contributed by atoms with van der Waals surface area (Å²) in [5.74, 6) is 0. The third-order valence-corrected chi connectivity index (χ3v) is 2.25. The van der Waals surface area contributed by atoms with Gasteiger partial charge in [-0.05, 0) is 0 Å². The van der Waals surface area contributed by atoms with Crippen LogP contribution in [-0.2, 0) is 0 Å². The Morgan fingerprint density at radius 3 is 0.545 bits per heavy atom. The topological polar surface area (TPSA) is 0 Å². The van der Waals surface area contributed by atoms with Crippen molar-refractivity contribution in [1.82, 2.24) is 0 Å². The molecule has 0 heterocycles. The van der Waals surface area contributed by atoms with Crippen molar-refractivity contribution in [3.63, 3.8) is 0 Å². The molecule has 0 aliphatic heterocycles. The van der Waals surface area contributed by atoms with Crippen LogP contribution >= 0.6 is 0 Å². The van der Waals surface area contributed by atoms with Crippen LogP contribution in [0, 0.1) is 0 Å². The molecule has 0 amide bonds. The van der Waals surface area contributed by atoms with Crippen molar-refractivity contribution in [2.45, 2.75) is 71.6 Å². The zero-order valence-electron chi connectivity index (χ0n) is 8.36. The average molecular weight is 156 g/mol. The van der Waals surface area contributed by atoms with Crippen molar-refractivity contribution in [2.24, 2.45) is 0 Å². The lowest BCUT2D eigenvalue weighted by Gasteiger charge is -1.93. The smallest absolute Gasteiger partial charge is 0.0533 e. The molecule has 0 saturated heterocycles. The lowest BCUT2D eigenvalue weighted by molar-refractivity contribution is 0.624. The zero-order valence-corrected chi connectivity index (χ0v) is 8.36. The Kier molecular flexibility index (Phi) is 10.0. The molecule has 1 aliphatic carbocycles. The van der Waals surface area contributed by atoms with Crippen LogP contribution < -0.4 is 0 Å². The van der Waals surface area contributed by atoms with Gasteiger partial charge in [-0.3, -0.25) is 0 Å². The van der Waals surface area contributed by atoms with Gasteiger partial charge in [-0.2, -0.15) is 0 Å². The molecule has 1 fully saturated rings. The van der Waals surface area contributed by atoms with Crippen molar-refractivity contribution in [3.05, 3.63) is 0 Å². The Balaban J connectivity index is 0.000000461. The predicted octanol–water partition coefficient (Wildman–Crippen LogP) is 4.54. The van der Waals surface area contributed by atoms with Gasteiger partial charge in [-0.15, -0.1) is 0 Å². The molecule has 0 spiro atoms. The molecule has 1 aliphatic rings. The Hall–Kier alpha value is 0. The Bertz CT molecular complexity index is 28.5. The van der Waals surface area contributed by atoms with E-state index in [1.807, 2.05) is 13.8 Å². The van der Waals surface area contributed by atoms with Crippen LogP contribution in [0.2, 0.25) is 0 Å². The first-order valence-electron chi connectivity index (χ1n) is 5.50. The van der Waals surface area contributed by atoms with Crippen LogP contribution in [-0.4, -0.2) is 0 Å². The summed E-state index contributed by atoms with van der Waals surface area (Å²) in [6, 6.07) is 0. The lowest BCUT2D eigenvalue weighted by atomic mass is 10.1. The van der Waals surface area contributed by atoms with Gasteiger partial charge in [-0.25, -0.2) is 0 Å². The van der Waals surface area contributed by atoms with E-state index in [9.17, 15) is 0 Å². The van der Waals surface area contributed by atoms with E-state index >= 15 is 0 Å². The third-order valence-electron chi connectivity index (χ3n) is 2.25. The number of hydrogen-bond donors (Lipinski definition) is 0. The van der Waals surface area contributed by atoms with E-state index < -0.39 is 0 Å². The molecule has 0 atom stereocenters. The van der Waals surface area contributed by atoms with Crippen molar-refractivity contribution in [3.8, 4) is 0 Å². The maximum atomic E-state index is 2.00. The standard InChI is InChI=1S/C9H18.C2H6/c1-2-4-6-8-9-7-5-3-1;1-2/h1-9H2;1-2H3. The summed E-state index contributed by atoms with van der Waals surface area (Å²) >= 11 is 0. The van der Waals surface area contributed by atoms with E-state index in [-0.39, 0.29) is 0 Å². The van der Waals surface area contributed by atoms with Crippen LogP contribution in [0.4, 0.5) is 0 Å². The summed E-state index contributed by atoms with van der Waals surface area (Å²) in [5.41, 5.74) is 0. The van der Waals surface area contributed by atoms with E-state index in [0.29, 0.717) is 0 Å². The minimum Gasteiger partial charge on any atom is -0.0683 e. The summed E-state index contributed by atoms with van der Waals surface area (Å²) in [4.78, 5) is 0. The third kappa shape index (κ3) is 7.90. The molecule has 0 aromatic rings. The fourth-order valence-corrected chi connectivity index (χ4v) is 1.59. The summed E-state index contributed by atoms with van der Waals surface area (Å²) in [5, 5.41) is 0. The quantitative estimate of drug-likeness (QED) is 0.483. The second kappa shape index (κ2) is 10.0. The van der Waals surface area contributed by atoms with Crippen LogP contribution in [0.1, 0.15) is 71.6 Å². The summed E-state index contributed by atoms with van der Waals surface area (Å²) in [6.07, 6.45) is 13.5. The van der Waals surface area contributed by atoms with Crippen molar-refractivity contribution in [2.75, 3.05) is 0 Å². The SMILES string of the molecule is C1CCCCCCCC1.CC. The van der Waals surface area contributed by atoms with Gasteiger partial charge in [0.05, 0.1) is 0 Å². The molecule has 0 unspecified atom stereocenters. The maximum Gasteiger partial charge on any atom is -0.0533 e. The van der Waals surface area contributed by atoms with Crippen LogP contribution in [0.3, 0.4) is 0 Å². The first kappa shape index (κ1) is 11.0. The van der Waals surface area contributed by atoms with E-state index in [1.165, 1.54) is 57.8 Å². The molecular weight excluding hydrogens is 132 g/mol. The summed E-state index contributed by atoms with van der Waals surface area (Å²) < 4.78 is 0. The maximum absolute atomic E-state index is 2.00. The molecular formula is C11H24. The van der Waals surface area contributed by atoms with Gasteiger partial charge in [0.1, 0.15) is 0 Å². The average Bonchev–Trinajstić information content (AvgIpc) is 2.22. The second-order valence-electron chi connectivity index (χ2n) is 3.18. The van der Waals surface area contributed by atoms with Crippen LogP contribution in [0.5, 0.6) is 0 Å². The minimum atomic E-state index is 1.50. The van der Waals surface area contributed by atoms with Gasteiger partial charge in [-0.1, -0.05) is 71.6 Å². The van der Waals surface area contributed by atoms with Crippen molar-refractivity contribution >= 4 is 0 Å². The van der Waals surface area contributed by atoms with Crippen LogP contribution in [0.15, 0.2) is 0 Å². The molecule has 1 saturated carbocycles. The first-order valence-corrected chi connectivity index (χ1v) is 5.50. The summed E-state index contributed by atoms with van der Waals surface area (Å²) in [7, 11) is 0. The molecule has 0 radical (unpaired) electrons. The molecule has 0 N–H and O–H groups in total. The van der Waals surface area contributed by atoms with Gasteiger partial charge in [0.2, 0.25) is 0 Å². The fraction of sp³-hybridized carbons (Fsp3) is 1.00. The normalized spacial score (nSPS) is 20.2. The highest BCUT2D eigenvalue weighted by Gasteiger charge is 1.95. The highest BCUT2D eigenvalue weighted by atomic mass is 14.0. The molecule has 0 nitrogen and oxygen atoms in total. The Morgan fingerprint density at radius 2 is 0.455 bits per heavy atom. The van der Waals surface area contributed by atoms with Gasteiger partial charge < -0.3 is 0 Å². The highest BCUT2D eigenvalue weighted by molar-refractivity contribution is 4.51. The molecule has 68 valence electrons. The largest absolute Gasteiger partial charge is 0.0683 e. The lowest BCUT2D eigenvalue weighted by Crippen LogP contribution is -1.73. The number of rotatable bonds is 0. The van der Waals surface area contributed by atoms with Crippen molar-refractivity contribution in [1.29, 1.82) is 0 Å². The molecule has 0 bridgehead atoms. The van der Waals surface area contributed by atoms with E-state index in [4.69, 9.17) is 0 Å².